The number of nitrogens with one attached hydrogen (secondary N) is 1. The fourth-order valence-corrected chi connectivity index (χ4v) is 1.24. The fraction of sp³-hybridized carbons (Fsp3) is 0.636. The Hall–Kier alpha value is -0.840. The molecule has 0 bridgehead atoms. The summed E-state index contributed by atoms with van der Waals surface area (Å²) in [5, 5.41) is 3.06. The average Bonchev–Trinajstić information content (AvgIpc) is 2.61. The maximum Gasteiger partial charge on any atom is 0.123 e. The number of ether oxygens (including phenoxy) is 1. The second-order valence-corrected chi connectivity index (χ2v) is 3.76. The van der Waals surface area contributed by atoms with Gasteiger partial charge < -0.3 is 19.4 Å². The number of likely N-dealkylation sites (N-methyl/N-ethyl adjacent to an activating group) is 1. The van der Waals surface area contributed by atoms with E-state index in [-0.39, 0.29) is 0 Å². The lowest BCUT2D eigenvalue weighted by molar-refractivity contribution is 0.104. The van der Waals surface area contributed by atoms with Crippen LogP contribution in [0.2, 0.25) is 0 Å². The van der Waals surface area contributed by atoms with Gasteiger partial charge in [-0.2, -0.15) is 0 Å². The van der Waals surface area contributed by atoms with E-state index < -0.39 is 0 Å². The first-order valence-electron chi connectivity index (χ1n) is 5.16. The molecule has 0 fully saturated rings. The van der Waals surface area contributed by atoms with E-state index in [2.05, 4.69) is 10.2 Å². The molecule has 15 heavy (non-hydrogen) atoms. The summed E-state index contributed by atoms with van der Waals surface area (Å²) in [5.74, 6) is 0.961. The molecule has 86 valence electrons. The van der Waals surface area contributed by atoms with Crippen molar-refractivity contribution in [3.63, 3.8) is 0 Å². The summed E-state index contributed by atoms with van der Waals surface area (Å²) in [5.41, 5.74) is 1.13. The van der Waals surface area contributed by atoms with Gasteiger partial charge in [-0.3, -0.25) is 0 Å². The molecule has 1 heterocycles. The number of hydrogen-bond donors (Lipinski definition) is 1. The normalized spacial score (nSPS) is 11.2. The molecule has 0 radical (unpaired) electrons. The van der Waals surface area contributed by atoms with Gasteiger partial charge in [-0.25, -0.2) is 0 Å². The topological polar surface area (TPSA) is 37.6 Å². The van der Waals surface area contributed by atoms with Gasteiger partial charge in [-0.15, -0.1) is 0 Å². The molecule has 4 heteroatoms. The zero-order chi connectivity index (χ0) is 11.1. The van der Waals surface area contributed by atoms with Crippen LogP contribution < -0.4 is 5.32 Å². The van der Waals surface area contributed by atoms with Gasteiger partial charge in [0.15, 0.2) is 0 Å². The summed E-state index contributed by atoms with van der Waals surface area (Å²) in [6.07, 6.45) is 1.71. The van der Waals surface area contributed by atoms with Crippen molar-refractivity contribution in [1.29, 1.82) is 0 Å². The average molecular weight is 212 g/mol. The van der Waals surface area contributed by atoms with E-state index >= 15 is 0 Å². The largest absolute Gasteiger partial charge is 0.468 e. The number of rotatable bonds is 7. The van der Waals surface area contributed by atoms with E-state index in [0.717, 1.165) is 31.0 Å². The van der Waals surface area contributed by atoms with Gasteiger partial charge in [0.1, 0.15) is 5.76 Å². The van der Waals surface area contributed by atoms with Crippen LogP contribution in [0.3, 0.4) is 0 Å². The first-order valence-corrected chi connectivity index (χ1v) is 5.16. The highest BCUT2D eigenvalue weighted by molar-refractivity contribution is 5.15. The molecule has 4 nitrogen and oxygen atoms in total. The monoisotopic (exact) mass is 212 g/mol. The highest BCUT2D eigenvalue weighted by Gasteiger charge is 2.04. The van der Waals surface area contributed by atoms with E-state index in [1.807, 2.05) is 27.2 Å². The maximum absolute atomic E-state index is 5.55. The zero-order valence-electron chi connectivity index (χ0n) is 9.75. The Morgan fingerprint density at radius 2 is 2.27 bits per heavy atom. The summed E-state index contributed by atoms with van der Waals surface area (Å²) in [6.45, 7) is 3.07. The number of furan rings is 1. The van der Waals surface area contributed by atoms with Crippen molar-refractivity contribution >= 4 is 0 Å². The minimum absolute atomic E-state index is 0.626. The predicted octanol–water partition coefficient (Wildman–Crippen LogP) is 1.08. The van der Waals surface area contributed by atoms with Crippen LogP contribution in [0, 0.1) is 0 Å². The number of hydrogen-bond acceptors (Lipinski definition) is 4. The van der Waals surface area contributed by atoms with Gasteiger partial charge in [0.2, 0.25) is 0 Å². The van der Waals surface area contributed by atoms with Crippen LogP contribution in [-0.4, -0.2) is 39.2 Å². The first-order chi connectivity index (χ1) is 7.24. The predicted molar refractivity (Wildman–Crippen MR) is 59.7 cm³/mol. The molecular formula is C11H20N2O2. The first kappa shape index (κ1) is 12.2. The second-order valence-electron chi connectivity index (χ2n) is 3.76. The van der Waals surface area contributed by atoms with Crippen molar-refractivity contribution in [2.45, 2.75) is 13.2 Å². The van der Waals surface area contributed by atoms with E-state index in [0.29, 0.717) is 6.61 Å². The van der Waals surface area contributed by atoms with E-state index in [4.69, 9.17) is 9.15 Å². The standard InChI is InChI=1S/C11H20N2O2/c1-12-8-11-10(4-6-15-11)9-14-7-5-13(2)3/h4,6,12H,5,7-9H2,1-3H3. The van der Waals surface area contributed by atoms with Crippen molar-refractivity contribution in [3.8, 4) is 0 Å². The Labute approximate surface area is 91.2 Å². The molecule has 0 saturated carbocycles. The van der Waals surface area contributed by atoms with Crippen LogP contribution in [0.1, 0.15) is 11.3 Å². The fourth-order valence-electron chi connectivity index (χ4n) is 1.24. The highest BCUT2D eigenvalue weighted by Crippen LogP contribution is 2.11. The third kappa shape index (κ3) is 4.46. The van der Waals surface area contributed by atoms with E-state index in [1.165, 1.54) is 0 Å². The lowest BCUT2D eigenvalue weighted by atomic mass is 10.2. The molecule has 0 atom stereocenters. The summed E-state index contributed by atoms with van der Waals surface area (Å²) >= 11 is 0. The van der Waals surface area contributed by atoms with Gasteiger partial charge in [-0.1, -0.05) is 0 Å². The Morgan fingerprint density at radius 3 is 2.93 bits per heavy atom. The van der Waals surface area contributed by atoms with Gasteiger partial charge in [-0.05, 0) is 27.2 Å². The molecule has 1 N–H and O–H groups in total. The van der Waals surface area contributed by atoms with Crippen molar-refractivity contribution in [2.75, 3.05) is 34.3 Å². The maximum atomic E-state index is 5.55. The molecular weight excluding hydrogens is 192 g/mol. The molecule has 0 unspecified atom stereocenters. The van der Waals surface area contributed by atoms with Gasteiger partial charge in [0, 0.05) is 12.1 Å². The second kappa shape index (κ2) is 6.61. The Balaban J connectivity index is 2.27. The molecule has 1 aromatic rings. The minimum atomic E-state index is 0.626. The quantitative estimate of drug-likeness (QED) is 0.686. The lowest BCUT2D eigenvalue weighted by Crippen LogP contribution is -2.18. The highest BCUT2D eigenvalue weighted by atomic mass is 16.5. The van der Waals surface area contributed by atoms with Gasteiger partial charge >= 0.3 is 0 Å². The SMILES string of the molecule is CNCc1occc1COCCN(C)C. The molecule has 1 aromatic heterocycles. The Morgan fingerprint density at radius 1 is 1.47 bits per heavy atom. The molecule has 1 rings (SSSR count). The van der Waals surface area contributed by atoms with Gasteiger partial charge in [0.25, 0.3) is 0 Å². The number of nitrogens with zero attached hydrogens (tertiary/aromatic N) is 1. The Kier molecular flexibility index (Phi) is 5.39. The molecule has 0 saturated heterocycles. The van der Waals surface area contributed by atoms with Crippen LogP contribution in [-0.2, 0) is 17.9 Å². The van der Waals surface area contributed by atoms with Crippen molar-refractivity contribution < 1.29 is 9.15 Å². The molecule has 0 aliphatic rings. The van der Waals surface area contributed by atoms with Crippen LogP contribution >= 0.6 is 0 Å². The molecule has 0 spiro atoms. The van der Waals surface area contributed by atoms with Crippen LogP contribution in [0.4, 0.5) is 0 Å². The van der Waals surface area contributed by atoms with Crippen LogP contribution in [0.15, 0.2) is 16.7 Å². The molecule has 0 aliphatic carbocycles. The lowest BCUT2D eigenvalue weighted by Gasteiger charge is -2.09. The minimum Gasteiger partial charge on any atom is -0.468 e. The van der Waals surface area contributed by atoms with Crippen molar-refractivity contribution in [2.24, 2.45) is 0 Å². The summed E-state index contributed by atoms with van der Waals surface area (Å²) in [7, 11) is 5.97. The summed E-state index contributed by atoms with van der Waals surface area (Å²) < 4.78 is 10.9. The summed E-state index contributed by atoms with van der Waals surface area (Å²) in [4.78, 5) is 2.10. The Bertz CT molecular complexity index is 271. The van der Waals surface area contributed by atoms with Gasteiger partial charge in [0.05, 0.1) is 26.0 Å². The van der Waals surface area contributed by atoms with E-state index in [9.17, 15) is 0 Å². The van der Waals surface area contributed by atoms with Crippen molar-refractivity contribution in [1.82, 2.24) is 10.2 Å². The molecule has 0 aromatic carbocycles. The summed E-state index contributed by atoms with van der Waals surface area (Å²) in [6, 6.07) is 1.96. The van der Waals surface area contributed by atoms with Crippen LogP contribution in [0.25, 0.3) is 0 Å². The third-order valence-corrected chi connectivity index (χ3v) is 2.12. The van der Waals surface area contributed by atoms with E-state index in [1.54, 1.807) is 6.26 Å². The third-order valence-electron chi connectivity index (χ3n) is 2.12. The van der Waals surface area contributed by atoms with Crippen LogP contribution in [0.5, 0.6) is 0 Å². The zero-order valence-corrected chi connectivity index (χ0v) is 9.75. The smallest absolute Gasteiger partial charge is 0.123 e. The molecule has 0 aliphatic heterocycles. The van der Waals surface area contributed by atoms with Crippen molar-refractivity contribution in [3.05, 3.63) is 23.7 Å². The molecule has 0 amide bonds.